The Morgan fingerprint density at radius 2 is 2.08 bits per heavy atom. The molecule has 0 amide bonds. The van der Waals surface area contributed by atoms with Gasteiger partial charge in [0.05, 0.1) is 20.2 Å². The summed E-state index contributed by atoms with van der Waals surface area (Å²) in [5, 5.41) is 19.7. The van der Waals surface area contributed by atoms with Gasteiger partial charge in [0.1, 0.15) is 17.4 Å². The Labute approximate surface area is 149 Å². The lowest BCUT2D eigenvalue weighted by Crippen LogP contribution is -2.03. The average molecular weight is 377 g/mol. The van der Waals surface area contributed by atoms with E-state index in [4.69, 9.17) is 11.6 Å². The number of hydrogen-bond acceptors (Lipinski definition) is 6. The largest absolute Gasteiger partial charge is 0.506 e. The minimum Gasteiger partial charge on any atom is -0.506 e. The molecule has 0 aliphatic heterocycles. The summed E-state index contributed by atoms with van der Waals surface area (Å²) in [5.74, 6) is -0.143. The van der Waals surface area contributed by atoms with Crippen molar-refractivity contribution in [2.75, 3.05) is 5.75 Å². The molecule has 3 aromatic rings. The summed E-state index contributed by atoms with van der Waals surface area (Å²) in [4.78, 5) is 26.2. The Morgan fingerprint density at radius 3 is 2.75 bits per heavy atom. The molecule has 0 aliphatic rings. The molecule has 0 bridgehead atoms. The monoisotopic (exact) mass is 376 g/mol. The number of nitrogens with one attached hydrogen (secondary N) is 1. The van der Waals surface area contributed by atoms with Crippen molar-refractivity contribution in [2.24, 2.45) is 0 Å². The SMILES string of the molecule is N#Cc1c(SCC(=O)c2ccc(Cl)cc2)sc2c(O)cc(=O)[nH]c12. The maximum absolute atomic E-state index is 12.2. The summed E-state index contributed by atoms with van der Waals surface area (Å²) in [6, 6.07) is 9.66. The number of fused-ring (bicyclic) bond motifs is 1. The van der Waals surface area contributed by atoms with E-state index in [9.17, 15) is 20.0 Å². The molecule has 0 spiro atoms. The van der Waals surface area contributed by atoms with Gasteiger partial charge in [-0.2, -0.15) is 5.26 Å². The molecule has 24 heavy (non-hydrogen) atoms. The van der Waals surface area contributed by atoms with E-state index >= 15 is 0 Å². The van der Waals surface area contributed by atoms with Crippen LogP contribution in [-0.2, 0) is 0 Å². The number of halogens is 1. The number of nitriles is 1. The van der Waals surface area contributed by atoms with Gasteiger partial charge in [0.2, 0.25) is 0 Å². The summed E-state index contributed by atoms with van der Waals surface area (Å²) >= 11 is 8.17. The van der Waals surface area contributed by atoms with Crippen LogP contribution in [0.2, 0.25) is 5.02 Å². The first-order valence-corrected chi connectivity index (χ1v) is 8.88. The number of pyridine rings is 1. The normalized spacial score (nSPS) is 10.7. The number of thiophene rings is 1. The number of carbonyl (C=O) groups is 1. The van der Waals surface area contributed by atoms with Gasteiger partial charge in [-0.05, 0) is 24.3 Å². The fraction of sp³-hybridized carbons (Fsp3) is 0.0625. The number of H-pyrrole nitrogens is 1. The highest BCUT2D eigenvalue weighted by Crippen LogP contribution is 2.40. The Kier molecular flexibility index (Phi) is 4.62. The molecule has 120 valence electrons. The summed E-state index contributed by atoms with van der Waals surface area (Å²) in [6.45, 7) is 0. The number of thioether (sulfide) groups is 1. The molecular weight excluding hydrogens is 368 g/mol. The first-order valence-electron chi connectivity index (χ1n) is 6.70. The van der Waals surface area contributed by atoms with Crippen molar-refractivity contribution in [1.29, 1.82) is 5.26 Å². The second kappa shape index (κ2) is 6.69. The van der Waals surface area contributed by atoms with Gasteiger partial charge in [-0.1, -0.05) is 11.6 Å². The van der Waals surface area contributed by atoms with Gasteiger partial charge in [-0.15, -0.1) is 23.1 Å². The highest BCUT2D eigenvalue weighted by molar-refractivity contribution is 8.02. The number of aromatic hydroxyl groups is 1. The summed E-state index contributed by atoms with van der Waals surface area (Å²) < 4.78 is 1.000. The molecule has 1 aromatic carbocycles. The zero-order valence-electron chi connectivity index (χ0n) is 12.0. The van der Waals surface area contributed by atoms with Gasteiger partial charge in [0.15, 0.2) is 5.78 Å². The molecule has 5 nitrogen and oxygen atoms in total. The molecular formula is C16H9ClN2O3S2. The van der Waals surface area contributed by atoms with Crippen molar-refractivity contribution in [2.45, 2.75) is 4.21 Å². The maximum Gasteiger partial charge on any atom is 0.252 e. The number of aromatic nitrogens is 1. The average Bonchev–Trinajstić information content (AvgIpc) is 2.91. The Morgan fingerprint density at radius 1 is 1.38 bits per heavy atom. The molecule has 0 saturated heterocycles. The number of nitrogens with zero attached hydrogens (tertiary/aromatic N) is 1. The van der Waals surface area contributed by atoms with Crippen LogP contribution in [0, 0.1) is 11.3 Å². The minimum atomic E-state index is -0.483. The first kappa shape index (κ1) is 16.6. The van der Waals surface area contributed by atoms with Crippen LogP contribution in [0.1, 0.15) is 15.9 Å². The zero-order valence-corrected chi connectivity index (χ0v) is 14.4. The molecule has 0 atom stereocenters. The molecule has 2 aromatic heterocycles. The topological polar surface area (TPSA) is 93.9 Å². The fourth-order valence-corrected chi connectivity index (χ4v) is 4.48. The van der Waals surface area contributed by atoms with E-state index in [1.807, 2.05) is 6.07 Å². The third-order valence-electron chi connectivity index (χ3n) is 3.24. The fourth-order valence-electron chi connectivity index (χ4n) is 2.11. The van der Waals surface area contributed by atoms with Crippen molar-refractivity contribution >= 4 is 50.7 Å². The summed E-state index contributed by atoms with van der Waals surface area (Å²) in [5.41, 5.74) is 0.608. The van der Waals surface area contributed by atoms with Gasteiger partial charge in [0, 0.05) is 16.7 Å². The highest BCUT2D eigenvalue weighted by atomic mass is 35.5. The summed E-state index contributed by atoms with van der Waals surface area (Å²) in [7, 11) is 0. The van der Waals surface area contributed by atoms with Gasteiger partial charge in [0.25, 0.3) is 5.56 Å². The number of aromatic amines is 1. The lowest BCUT2D eigenvalue weighted by Gasteiger charge is -2.00. The molecule has 0 unspecified atom stereocenters. The van der Waals surface area contributed by atoms with E-state index in [2.05, 4.69) is 4.98 Å². The van der Waals surface area contributed by atoms with Gasteiger partial charge < -0.3 is 10.1 Å². The van der Waals surface area contributed by atoms with Gasteiger partial charge >= 0.3 is 0 Å². The molecule has 0 saturated carbocycles. The zero-order chi connectivity index (χ0) is 17.3. The Bertz CT molecular complexity index is 1030. The predicted molar refractivity (Wildman–Crippen MR) is 95.3 cm³/mol. The van der Waals surface area contributed by atoms with Crippen LogP contribution in [-0.4, -0.2) is 21.6 Å². The van der Waals surface area contributed by atoms with Gasteiger partial charge in [-0.25, -0.2) is 0 Å². The van der Waals surface area contributed by atoms with Crippen LogP contribution in [0.5, 0.6) is 5.75 Å². The van der Waals surface area contributed by atoms with E-state index in [0.29, 0.717) is 25.0 Å². The van der Waals surface area contributed by atoms with Crippen LogP contribution in [0.25, 0.3) is 10.2 Å². The van der Waals surface area contributed by atoms with Crippen molar-refractivity contribution in [1.82, 2.24) is 4.98 Å². The lowest BCUT2D eigenvalue weighted by atomic mass is 10.1. The van der Waals surface area contributed by atoms with Crippen LogP contribution in [0.4, 0.5) is 0 Å². The van der Waals surface area contributed by atoms with Crippen LogP contribution >= 0.6 is 34.7 Å². The van der Waals surface area contributed by atoms with Crippen LogP contribution in [0.3, 0.4) is 0 Å². The molecule has 3 rings (SSSR count). The second-order valence-corrected chi connectivity index (χ2v) is 7.52. The number of carbonyl (C=O) groups excluding carboxylic acids is 1. The Hall–Kier alpha value is -2.27. The number of benzene rings is 1. The van der Waals surface area contributed by atoms with E-state index in [-0.39, 0.29) is 22.8 Å². The van der Waals surface area contributed by atoms with E-state index in [1.165, 1.54) is 23.1 Å². The van der Waals surface area contributed by atoms with E-state index < -0.39 is 5.56 Å². The standard InChI is InChI=1S/C16H9ClN2O3S2/c17-9-3-1-8(2-4-9)12(21)7-23-16-10(6-18)14-15(24-16)11(20)5-13(22)19-14/h1-5H,7H2,(H2,19,20,22). The molecule has 0 aliphatic carbocycles. The van der Waals surface area contributed by atoms with Crippen molar-refractivity contribution < 1.29 is 9.90 Å². The third kappa shape index (κ3) is 3.17. The minimum absolute atomic E-state index is 0.101. The quantitative estimate of drug-likeness (QED) is 0.533. The van der Waals surface area contributed by atoms with E-state index in [1.54, 1.807) is 24.3 Å². The first-order chi connectivity index (χ1) is 11.5. The number of rotatable bonds is 4. The molecule has 8 heteroatoms. The van der Waals surface area contributed by atoms with Crippen molar-refractivity contribution in [3.63, 3.8) is 0 Å². The van der Waals surface area contributed by atoms with Crippen LogP contribution < -0.4 is 5.56 Å². The molecule has 2 N–H and O–H groups in total. The molecule has 0 radical (unpaired) electrons. The highest BCUT2D eigenvalue weighted by Gasteiger charge is 2.18. The second-order valence-electron chi connectivity index (χ2n) is 4.82. The third-order valence-corrected chi connectivity index (χ3v) is 5.97. The van der Waals surface area contributed by atoms with Crippen molar-refractivity contribution in [3.8, 4) is 11.8 Å². The lowest BCUT2D eigenvalue weighted by molar-refractivity contribution is 0.102. The number of ketones is 1. The maximum atomic E-state index is 12.2. The van der Waals surface area contributed by atoms with Gasteiger partial charge in [-0.3, -0.25) is 9.59 Å². The smallest absolute Gasteiger partial charge is 0.252 e. The number of Topliss-reactive ketones (excluding diaryl/α,β-unsaturated/α-hetero) is 1. The van der Waals surface area contributed by atoms with Crippen LogP contribution in [0.15, 0.2) is 39.3 Å². The number of hydrogen-bond donors (Lipinski definition) is 2. The molecule has 2 heterocycles. The van der Waals surface area contributed by atoms with E-state index in [0.717, 1.165) is 6.07 Å². The Balaban J connectivity index is 1.89. The summed E-state index contributed by atoms with van der Waals surface area (Å²) in [6.07, 6.45) is 0. The predicted octanol–water partition coefficient (Wildman–Crippen LogP) is 3.80. The van der Waals surface area contributed by atoms with Crippen molar-refractivity contribution in [3.05, 3.63) is 56.8 Å². The molecule has 0 fully saturated rings.